The molecule has 0 aliphatic carbocycles. The average molecular weight is 475 g/mol. The molecule has 0 aromatic heterocycles. The summed E-state index contributed by atoms with van der Waals surface area (Å²) in [6.45, 7) is 11.8. The lowest BCUT2D eigenvalue weighted by Gasteiger charge is -2.38. The van der Waals surface area contributed by atoms with Crippen LogP contribution in [0.3, 0.4) is 0 Å². The van der Waals surface area contributed by atoms with Crippen LogP contribution in [0.15, 0.2) is 51.6 Å². The summed E-state index contributed by atoms with van der Waals surface area (Å²) in [5.41, 5.74) is 2.93. The Morgan fingerprint density at radius 1 is 1.25 bits per heavy atom. The van der Waals surface area contributed by atoms with Gasteiger partial charge in [-0.3, -0.25) is 9.59 Å². The molecule has 172 valence electrons. The molecule has 6 nitrogen and oxygen atoms in total. The number of nitrogens with zero attached hydrogens (tertiary/aromatic N) is 3. The minimum absolute atomic E-state index is 0.0485. The molecule has 1 aromatic carbocycles. The predicted molar refractivity (Wildman–Crippen MR) is 132 cm³/mol. The van der Waals surface area contributed by atoms with Gasteiger partial charge in [-0.05, 0) is 43.7 Å². The number of aliphatic imine (C=N–C) groups is 1. The highest BCUT2D eigenvalue weighted by Gasteiger charge is 2.42. The number of allylic oxidation sites excluding steroid dienone is 1. The van der Waals surface area contributed by atoms with E-state index in [0.717, 1.165) is 16.4 Å². The minimum atomic E-state index is -0.441. The van der Waals surface area contributed by atoms with Crippen LogP contribution in [0.25, 0.3) is 0 Å². The maximum atomic E-state index is 13.6. The van der Waals surface area contributed by atoms with Crippen LogP contribution in [-0.4, -0.2) is 46.4 Å². The Kier molecular flexibility index (Phi) is 8.06. The molecule has 2 heterocycles. The summed E-state index contributed by atoms with van der Waals surface area (Å²) in [6, 6.07) is 7.13. The zero-order valence-corrected chi connectivity index (χ0v) is 20.9. The number of rotatable bonds is 8. The van der Waals surface area contributed by atoms with Crippen LogP contribution in [0.2, 0.25) is 5.02 Å². The molecule has 1 unspecified atom stereocenters. The van der Waals surface area contributed by atoms with Crippen molar-refractivity contribution < 1.29 is 9.59 Å². The van der Waals surface area contributed by atoms with Gasteiger partial charge >= 0.3 is 0 Å². The van der Waals surface area contributed by atoms with Gasteiger partial charge in [-0.2, -0.15) is 0 Å². The molecule has 0 saturated heterocycles. The van der Waals surface area contributed by atoms with Crippen LogP contribution < -0.4 is 5.32 Å². The monoisotopic (exact) mass is 474 g/mol. The van der Waals surface area contributed by atoms with Gasteiger partial charge in [0.2, 0.25) is 5.91 Å². The van der Waals surface area contributed by atoms with E-state index in [4.69, 9.17) is 16.6 Å². The molecule has 0 saturated carbocycles. The van der Waals surface area contributed by atoms with E-state index in [2.05, 4.69) is 19.2 Å². The van der Waals surface area contributed by atoms with Crippen LogP contribution in [0.4, 0.5) is 0 Å². The quantitative estimate of drug-likeness (QED) is 0.579. The Morgan fingerprint density at radius 3 is 2.56 bits per heavy atom. The zero-order chi connectivity index (χ0) is 23.4. The van der Waals surface area contributed by atoms with Crippen molar-refractivity contribution in [3.63, 3.8) is 0 Å². The number of halogens is 1. The van der Waals surface area contributed by atoms with E-state index < -0.39 is 6.04 Å². The summed E-state index contributed by atoms with van der Waals surface area (Å²) in [6.07, 6.45) is 0.214. The summed E-state index contributed by atoms with van der Waals surface area (Å²) in [7, 11) is 0. The number of carbonyl (C=O) groups is 2. The molecule has 2 aliphatic heterocycles. The van der Waals surface area contributed by atoms with Gasteiger partial charge in [0.25, 0.3) is 5.91 Å². The Balaban J connectivity index is 2.04. The lowest BCUT2D eigenvalue weighted by molar-refractivity contribution is -0.127. The van der Waals surface area contributed by atoms with Crippen molar-refractivity contribution in [1.82, 2.24) is 15.1 Å². The number of nitrogens with one attached hydrogen (secondary N) is 1. The number of amides is 2. The third kappa shape index (κ3) is 5.04. The fourth-order valence-electron chi connectivity index (χ4n) is 3.86. The second kappa shape index (κ2) is 10.6. The summed E-state index contributed by atoms with van der Waals surface area (Å²) < 4.78 is 0. The molecule has 0 radical (unpaired) electrons. The Bertz CT molecular complexity index is 982. The molecule has 3 rings (SSSR count). The molecule has 2 amide bonds. The van der Waals surface area contributed by atoms with Crippen LogP contribution >= 0.6 is 23.4 Å². The molecule has 0 bridgehead atoms. The fourth-order valence-corrected chi connectivity index (χ4v) is 5.06. The highest BCUT2D eigenvalue weighted by Crippen LogP contribution is 2.46. The van der Waals surface area contributed by atoms with Crippen molar-refractivity contribution in [2.75, 3.05) is 19.6 Å². The summed E-state index contributed by atoms with van der Waals surface area (Å²) in [5, 5.41) is 6.27. The number of amidine groups is 1. The molecule has 32 heavy (non-hydrogen) atoms. The van der Waals surface area contributed by atoms with E-state index in [1.54, 1.807) is 4.90 Å². The van der Waals surface area contributed by atoms with Crippen LogP contribution in [0.5, 0.6) is 0 Å². The molecule has 0 spiro atoms. The molecule has 1 aromatic rings. The molecule has 1 atom stereocenters. The van der Waals surface area contributed by atoms with Crippen molar-refractivity contribution in [3.8, 4) is 0 Å². The zero-order valence-electron chi connectivity index (χ0n) is 19.3. The Hall–Kier alpha value is -2.25. The van der Waals surface area contributed by atoms with Gasteiger partial charge in [0.1, 0.15) is 0 Å². The van der Waals surface area contributed by atoms with E-state index in [1.165, 1.54) is 11.8 Å². The maximum absolute atomic E-state index is 13.6. The third-order valence-corrected chi connectivity index (χ3v) is 6.76. The number of carbonyl (C=O) groups excluding carboxylic acids is 2. The lowest BCUT2D eigenvalue weighted by atomic mass is 9.92. The van der Waals surface area contributed by atoms with Gasteiger partial charge in [0, 0.05) is 30.4 Å². The van der Waals surface area contributed by atoms with Gasteiger partial charge in [0.05, 0.1) is 23.7 Å². The van der Waals surface area contributed by atoms with Gasteiger partial charge in [-0.25, -0.2) is 4.99 Å². The maximum Gasteiger partial charge on any atom is 0.254 e. The first-order valence-electron chi connectivity index (χ1n) is 11.0. The van der Waals surface area contributed by atoms with E-state index in [0.29, 0.717) is 41.8 Å². The highest BCUT2D eigenvalue weighted by atomic mass is 35.5. The number of benzene rings is 1. The molecule has 1 N–H and O–H groups in total. The van der Waals surface area contributed by atoms with E-state index >= 15 is 0 Å². The first-order chi connectivity index (χ1) is 15.3. The second-order valence-corrected chi connectivity index (χ2v) is 9.51. The van der Waals surface area contributed by atoms with Gasteiger partial charge < -0.3 is 15.1 Å². The summed E-state index contributed by atoms with van der Waals surface area (Å²) in [4.78, 5) is 34.8. The predicted octanol–water partition coefficient (Wildman–Crippen LogP) is 4.95. The normalized spacial score (nSPS) is 17.8. The van der Waals surface area contributed by atoms with Gasteiger partial charge in [-0.15, -0.1) is 0 Å². The SMILES string of the molecule is CCN(CC)C(=O)C1=C(C)N=C2SC=C(CC(=O)NCC(C)C)N2C1c1ccccc1Cl. The van der Waals surface area contributed by atoms with Crippen molar-refractivity contribution in [3.05, 3.63) is 57.2 Å². The molecular formula is C24H31ClN4O2S. The third-order valence-electron chi connectivity index (χ3n) is 5.53. The molecule has 0 fully saturated rings. The highest BCUT2D eigenvalue weighted by molar-refractivity contribution is 8.16. The molecule has 2 aliphatic rings. The molecular weight excluding hydrogens is 444 g/mol. The van der Waals surface area contributed by atoms with Crippen molar-refractivity contribution in [2.24, 2.45) is 10.9 Å². The summed E-state index contributed by atoms with van der Waals surface area (Å²) in [5.74, 6) is 0.270. The topological polar surface area (TPSA) is 65.0 Å². The van der Waals surface area contributed by atoms with Crippen molar-refractivity contribution in [1.29, 1.82) is 0 Å². The van der Waals surface area contributed by atoms with Gasteiger partial charge in [0.15, 0.2) is 5.17 Å². The largest absolute Gasteiger partial charge is 0.356 e. The fraction of sp³-hybridized carbons (Fsp3) is 0.458. The van der Waals surface area contributed by atoms with E-state index in [1.807, 2.05) is 55.3 Å². The number of thioether (sulfide) groups is 1. The Morgan fingerprint density at radius 2 is 1.94 bits per heavy atom. The molecule has 8 heteroatoms. The second-order valence-electron chi connectivity index (χ2n) is 8.27. The van der Waals surface area contributed by atoms with Crippen LogP contribution in [-0.2, 0) is 9.59 Å². The Labute approximate surface area is 199 Å². The standard InChI is InChI=1S/C24H31ClN4O2S/c1-6-28(7-2)23(31)21-16(5)27-24-29(22(21)18-10-8-9-11-19(18)25)17(14-32-24)12-20(30)26-13-15(3)4/h8-11,14-15,22H,6-7,12-13H2,1-5H3,(H,26,30). The number of fused-ring (bicyclic) bond motifs is 1. The van der Waals surface area contributed by atoms with Crippen LogP contribution in [0.1, 0.15) is 52.6 Å². The summed E-state index contributed by atoms with van der Waals surface area (Å²) >= 11 is 8.11. The minimum Gasteiger partial charge on any atom is -0.356 e. The first kappa shape index (κ1) is 24.4. The number of hydrogen-bond acceptors (Lipinski definition) is 5. The van der Waals surface area contributed by atoms with Crippen LogP contribution in [0, 0.1) is 5.92 Å². The lowest BCUT2D eigenvalue weighted by Crippen LogP contribution is -2.42. The van der Waals surface area contributed by atoms with Crippen molar-refractivity contribution in [2.45, 2.75) is 47.1 Å². The van der Waals surface area contributed by atoms with E-state index in [9.17, 15) is 9.59 Å². The first-order valence-corrected chi connectivity index (χ1v) is 12.3. The van der Waals surface area contributed by atoms with Crippen molar-refractivity contribution >= 4 is 40.3 Å². The average Bonchev–Trinajstić information content (AvgIpc) is 3.14. The smallest absolute Gasteiger partial charge is 0.254 e. The van der Waals surface area contributed by atoms with E-state index in [-0.39, 0.29) is 18.2 Å². The number of hydrogen-bond donors (Lipinski definition) is 1. The van der Waals surface area contributed by atoms with Gasteiger partial charge in [-0.1, -0.05) is 55.4 Å². The number of likely N-dealkylation sites (N-methyl/N-ethyl adjacent to an activating group) is 1.